The maximum absolute atomic E-state index is 12.9. The maximum atomic E-state index is 12.9. The number of carbonyl (C=O) groups is 1. The lowest BCUT2D eigenvalue weighted by molar-refractivity contribution is 0.0666. The number of hydrogen-bond acceptors (Lipinski definition) is 4. The van der Waals surface area contributed by atoms with Crippen LogP contribution in [0, 0.1) is 6.92 Å². The molecule has 2 heterocycles. The molecule has 5 nitrogen and oxygen atoms in total. The molecule has 0 N–H and O–H groups in total. The topological polar surface area (TPSA) is 67.6 Å². The number of rotatable bonds is 4. The van der Waals surface area contributed by atoms with Crippen molar-refractivity contribution < 1.29 is 17.6 Å². The highest BCUT2D eigenvalue weighted by atomic mass is 32.2. The number of nitrogens with zero attached hydrogens (tertiary/aromatic N) is 1. The van der Waals surface area contributed by atoms with E-state index in [-0.39, 0.29) is 30.0 Å². The van der Waals surface area contributed by atoms with Gasteiger partial charge in [0.25, 0.3) is 5.91 Å². The second-order valence-corrected chi connectivity index (χ2v) is 8.17. The maximum Gasteiger partial charge on any atom is 0.254 e. The van der Waals surface area contributed by atoms with E-state index in [1.807, 2.05) is 25.1 Å². The summed E-state index contributed by atoms with van der Waals surface area (Å²) in [5.41, 5.74) is 1.56. The van der Waals surface area contributed by atoms with Crippen molar-refractivity contribution in [2.75, 3.05) is 11.5 Å². The zero-order valence-corrected chi connectivity index (χ0v) is 13.8. The molecule has 1 aromatic heterocycles. The summed E-state index contributed by atoms with van der Waals surface area (Å²) in [5, 5.41) is 0. The van der Waals surface area contributed by atoms with E-state index in [2.05, 4.69) is 0 Å². The molecule has 1 saturated heterocycles. The molecule has 1 atom stereocenters. The molecule has 3 rings (SSSR count). The molecule has 0 unspecified atom stereocenters. The highest BCUT2D eigenvalue weighted by molar-refractivity contribution is 7.91. The van der Waals surface area contributed by atoms with Crippen LogP contribution in [-0.2, 0) is 16.4 Å². The van der Waals surface area contributed by atoms with E-state index >= 15 is 0 Å². The SMILES string of the molecule is Cc1cccc(C(=O)N(Cc2ccco2)[C@H]2CCS(=O)(=O)C2)c1. The van der Waals surface area contributed by atoms with Gasteiger partial charge in [-0.1, -0.05) is 17.7 Å². The van der Waals surface area contributed by atoms with Gasteiger partial charge in [0, 0.05) is 11.6 Å². The van der Waals surface area contributed by atoms with Gasteiger partial charge in [0.2, 0.25) is 0 Å². The molecule has 2 aromatic rings. The molecule has 1 amide bonds. The van der Waals surface area contributed by atoms with Gasteiger partial charge < -0.3 is 9.32 Å². The predicted molar refractivity (Wildman–Crippen MR) is 86.8 cm³/mol. The molecule has 6 heteroatoms. The van der Waals surface area contributed by atoms with Crippen molar-refractivity contribution in [3.63, 3.8) is 0 Å². The molecule has 122 valence electrons. The lowest BCUT2D eigenvalue weighted by Gasteiger charge is -2.27. The number of furan rings is 1. The lowest BCUT2D eigenvalue weighted by Crippen LogP contribution is -2.40. The Bertz CT molecular complexity index is 796. The molecule has 0 radical (unpaired) electrons. The number of hydrogen-bond donors (Lipinski definition) is 0. The van der Waals surface area contributed by atoms with Crippen molar-refractivity contribution in [1.29, 1.82) is 0 Å². The first-order chi connectivity index (χ1) is 10.9. The fraction of sp³-hybridized carbons (Fsp3) is 0.353. The van der Waals surface area contributed by atoms with Gasteiger partial charge in [-0.25, -0.2) is 8.42 Å². The average molecular weight is 333 g/mol. The van der Waals surface area contributed by atoms with Crippen molar-refractivity contribution in [3.05, 3.63) is 59.5 Å². The monoisotopic (exact) mass is 333 g/mol. The van der Waals surface area contributed by atoms with Crippen LogP contribution in [0.25, 0.3) is 0 Å². The first-order valence-electron chi connectivity index (χ1n) is 7.55. The zero-order valence-electron chi connectivity index (χ0n) is 12.9. The Morgan fingerprint density at radius 3 is 2.74 bits per heavy atom. The van der Waals surface area contributed by atoms with Gasteiger partial charge in [0.05, 0.1) is 24.3 Å². The summed E-state index contributed by atoms with van der Waals surface area (Å²) in [6.07, 6.45) is 2.02. The molecular formula is C17H19NO4S. The Hall–Kier alpha value is -2.08. The van der Waals surface area contributed by atoms with Gasteiger partial charge in [-0.15, -0.1) is 0 Å². The Balaban J connectivity index is 1.89. The lowest BCUT2D eigenvalue weighted by atomic mass is 10.1. The minimum Gasteiger partial charge on any atom is -0.467 e. The van der Waals surface area contributed by atoms with Crippen molar-refractivity contribution in [1.82, 2.24) is 4.90 Å². The summed E-state index contributed by atoms with van der Waals surface area (Å²) in [6.45, 7) is 2.20. The second-order valence-electron chi connectivity index (χ2n) is 5.94. The number of carbonyl (C=O) groups excluding carboxylic acids is 1. The minimum atomic E-state index is -3.07. The van der Waals surface area contributed by atoms with Gasteiger partial charge in [0.15, 0.2) is 9.84 Å². The number of aryl methyl sites for hydroxylation is 1. The van der Waals surface area contributed by atoms with Gasteiger partial charge >= 0.3 is 0 Å². The molecule has 1 aromatic carbocycles. The zero-order chi connectivity index (χ0) is 16.4. The first-order valence-corrected chi connectivity index (χ1v) is 9.37. The molecule has 1 aliphatic rings. The van der Waals surface area contributed by atoms with E-state index in [0.717, 1.165) is 5.56 Å². The summed E-state index contributed by atoms with van der Waals surface area (Å²) in [4.78, 5) is 14.5. The summed E-state index contributed by atoms with van der Waals surface area (Å²) in [6, 6.07) is 10.6. The van der Waals surface area contributed by atoms with Crippen molar-refractivity contribution in [2.24, 2.45) is 0 Å². The predicted octanol–water partition coefficient (Wildman–Crippen LogP) is 2.42. The quantitative estimate of drug-likeness (QED) is 0.862. The Labute approximate surface area is 135 Å². The smallest absolute Gasteiger partial charge is 0.254 e. The second kappa shape index (κ2) is 6.20. The minimum absolute atomic E-state index is 0.0191. The van der Waals surface area contributed by atoms with E-state index in [1.165, 1.54) is 0 Å². The average Bonchev–Trinajstić information content (AvgIpc) is 3.13. The van der Waals surface area contributed by atoms with Gasteiger partial charge in [-0.3, -0.25) is 4.79 Å². The van der Waals surface area contributed by atoms with Crippen LogP contribution in [-0.4, -0.2) is 36.8 Å². The van der Waals surface area contributed by atoms with Crippen molar-refractivity contribution in [3.8, 4) is 0 Å². The molecule has 0 saturated carbocycles. The fourth-order valence-electron chi connectivity index (χ4n) is 2.90. The molecule has 0 aliphatic carbocycles. The number of amides is 1. The van der Waals surface area contributed by atoms with Crippen molar-refractivity contribution >= 4 is 15.7 Å². The number of benzene rings is 1. The van der Waals surface area contributed by atoms with Crippen LogP contribution in [0.4, 0.5) is 0 Å². The standard InChI is InChI=1S/C17H19NO4S/c1-13-4-2-5-14(10-13)17(19)18(11-16-6-3-8-22-16)15-7-9-23(20,21)12-15/h2-6,8,10,15H,7,9,11-12H2,1H3/t15-/m0/s1. The third-order valence-corrected chi connectivity index (χ3v) is 5.83. The Morgan fingerprint density at radius 1 is 1.30 bits per heavy atom. The van der Waals surface area contributed by atoms with Crippen LogP contribution < -0.4 is 0 Å². The third-order valence-electron chi connectivity index (χ3n) is 4.08. The highest BCUT2D eigenvalue weighted by Gasteiger charge is 2.35. The summed E-state index contributed by atoms with van der Waals surface area (Å²) in [7, 11) is -3.07. The Morgan fingerprint density at radius 2 is 2.13 bits per heavy atom. The molecular weight excluding hydrogens is 314 g/mol. The largest absolute Gasteiger partial charge is 0.467 e. The van der Waals surface area contributed by atoms with Crippen LogP contribution in [0.2, 0.25) is 0 Å². The summed E-state index contributed by atoms with van der Waals surface area (Å²) in [5.74, 6) is 0.640. The Kier molecular flexibility index (Phi) is 4.26. The summed E-state index contributed by atoms with van der Waals surface area (Å²) < 4.78 is 28.9. The highest BCUT2D eigenvalue weighted by Crippen LogP contribution is 2.22. The van der Waals surface area contributed by atoms with Gasteiger partial charge in [-0.05, 0) is 37.6 Å². The molecule has 0 bridgehead atoms. The van der Waals surface area contributed by atoms with E-state index in [9.17, 15) is 13.2 Å². The van der Waals surface area contributed by atoms with Crippen LogP contribution >= 0.6 is 0 Å². The van der Waals surface area contributed by atoms with Crippen LogP contribution in [0.1, 0.15) is 28.1 Å². The van der Waals surface area contributed by atoms with Crippen LogP contribution in [0.15, 0.2) is 47.1 Å². The van der Waals surface area contributed by atoms with E-state index < -0.39 is 9.84 Å². The van der Waals surface area contributed by atoms with E-state index in [0.29, 0.717) is 17.7 Å². The molecule has 1 aliphatic heterocycles. The molecule has 1 fully saturated rings. The van der Waals surface area contributed by atoms with E-state index in [1.54, 1.807) is 29.4 Å². The van der Waals surface area contributed by atoms with E-state index in [4.69, 9.17) is 4.42 Å². The fourth-order valence-corrected chi connectivity index (χ4v) is 4.63. The van der Waals surface area contributed by atoms with Crippen LogP contribution in [0.3, 0.4) is 0 Å². The molecule has 23 heavy (non-hydrogen) atoms. The van der Waals surface area contributed by atoms with Gasteiger partial charge in [0.1, 0.15) is 5.76 Å². The van der Waals surface area contributed by atoms with Crippen molar-refractivity contribution in [2.45, 2.75) is 25.9 Å². The first kappa shape index (κ1) is 15.8. The summed E-state index contributed by atoms with van der Waals surface area (Å²) >= 11 is 0. The molecule has 0 spiro atoms. The third kappa shape index (κ3) is 3.64. The van der Waals surface area contributed by atoms with Gasteiger partial charge in [-0.2, -0.15) is 0 Å². The number of sulfone groups is 1. The van der Waals surface area contributed by atoms with Crippen LogP contribution in [0.5, 0.6) is 0 Å². The normalized spacial score (nSPS) is 19.6.